The van der Waals surface area contributed by atoms with Gasteiger partial charge in [-0.15, -0.1) is 11.3 Å². The molecule has 1 saturated heterocycles. The molecule has 0 saturated carbocycles. The molecular weight excluding hydrogens is 343 g/mol. The van der Waals surface area contributed by atoms with Crippen molar-refractivity contribution in [2.75, 3.05) is 36.4 Å². The van der Waals surface area contributed by atoms with Crippen molar-refractivity contribution in [2.24, 2.45) is 0 Å². The van der Waals surface area contributed by atoms with E-state index in [1.165, 1.54) is 0 Å². The van der Waals surface area contributed by atoms with E-state index in [9.17, 15) is 4.79 Å². The first-order valence-corrected chi connectivity index (χ1v) is 8.43. The highest BCUT2D eigenvalue weighted by molar-refractivity contribution is 7.13. The second-order valence-corrected chi connectivity index (χ2v) is 6.48. The first-order chi connectivity index (χ1) is 10.6. The van der Waals surface area contributed by atoms with Crippen molar-refractivity contribution in [1.82, 2.24) is 9.88 Å². The van der Waals surface area contributed by atoms with Gasteiger partial charge in [0.25, 0.3) is 0 Å². The predicted octanol–water partition coefficient (Wildman–Crippen LogP) is 3.80. The van der Waals surface area contributed by atoms with E-state index in [0.29, 0.717) is 28.8 Å². The van der Waals surface area contributed by atoms with E-state index in [1.54, 1.807) is 40.6 Å². The van der Waals surface area contributed by atoms with Gasteiger partial charge in [-0.2, -0.15) is 0 Å². The first-order valence-electron chi connectivity index (χ1n) is 6.79. The second kappa shape index (κ2) is 6.73. The third-order valence-corrected chi connectivity index (χ3v) is 5.10. The van der Waals surface area contributed by atoms with Crippen LogP contribution in [0.3, 0.4) is 0 Å². The summed E-state index contributed by atoms with van der Waals surface area (Å²) < 4.78 is 0. The molecule has 1 aliphatic rings. The van der Waals surface area contributed by atoms with Crippen LogP contribution >= 0.6 is 34.5 Å². The molecule has 116 valence electrons. The molecule has 1 aromatic carbocycles. The summed E-state index contributed by atoms with van der Waals surface area (Å²) in [5, 5.41) is 6.55. The lowest BCUT2D eigenvalue weighted by molar-refractivity contribution is 0.208. The van der Waals surface area contributed by atoms with Crippen molar-refractivity contribution in [1.29, 1.82) is 0 Å². The van der Waals surface area contributed by atoms with Crippen LogP contribution in [-0.2, 0) is 0 Å². The maximum absolute atomic E-state index is 12.3. The summed E-state index contributed by atoms with van der Waals surface area (Å²) >= 11 is 13.6. The number of nitrogens with one attached hydrogen (secondary N) is 1. The predicted molar refractivity (Wildman–Crippen MR) is 91.4 cm³/mol. The zero-order valence-corrected chi connectivity index (χ0v) is 14.0. The second-order valence-electron chi connectivity index (χ2n) is 4.82. The van der Waals surface area contributed by atoms with Gasteiger partial charge in [0, 0.05) is 37.8 Å². The molecule has 2 aromatic rings. The number of carbonyl (C=O) groups excluding carboxylic acids is 1. The van der Waals surface area contributed by atoms with Crippen LogP contribution in [0.4, 0.5) is 15.6 Å². The summed E-state index contributed by atoms with van der Waals surface area (Å²) in [6, 6.07) is 5.01. The highest BCUT2D eigenvalue weighted by Crippen LogP contribution is 2.29. The Morgan fingerprint density at radius 3 is 2.68 bits per heavy atom. The number of aromatic nitrogens is 1. The minimum absolute atomic E-state index is 0.164. The van der Waals surface area contributed by atoms with E-state index in [2.05, 4.69) is 15.2 Å². The van der Waals surface area contributed by atoms with Crippen LogP contribution in [0, 0.1) is 0 Å². The summed E-state index contributed by atoms with van der Waals surface area (Å²) in [6.07, 6.45) is 1.79. The fourth-order valence-corrected chi connectivity index (χ4v) is 3.31. The maximum Gasteiger partial charge on any atom is 0.322 e. The van der Waals surface area contributed by atoms with Crippen LogP contribution in [0.1, 0.15) is 0 Å². The van der Waals surface area contributed by atoms with Gasteiger partial charge < -0.3 is 15.1 Å². The van der Waals surface area contributed by atoms with Gasteiger partial charge in [-0.05, 0) is 12.1 Å². The van der Waals surface area contributed by atoms with Crippen molar-refractivity contribution >= 4 is 51.4 Å². The third kappa shape index (κ3) is 3.29. The summed E-state index contributed by atoms with van der Waals surface area (Å²) in [7, 11) is 0. The Balaban J connectivity index is 1.59. The third-order valence-electron chi connectivity index (χ3n) is 3.45. The summed E-state index contributed by atoms with van der Waals surface area (Å²) in [6.45, 7) is 2.82. The van der Waals surface area contributed by atoms with Crippen molar-refractivity contribution in [2.45, 2.75) is 0 Å². The smallest absolute Gasteiger partial charge is 0.322 e. The molecule has 1 aliphatic heterocycles. The van der Waals surface area contributed by atoms with Crippen LogP contribution < -0.4 is 10.2 Å². The molecule has 0 atom stereocenters. The molecule has 0 aliphatic carbocycles. The maximum atomic E-state index is 12.3. The zero-order chi connectivity index (χ0) is 15.5. The lowest BCUT2D eigenvalue weighted by Crippen LogP contribution is -2.50. The number of piperazine rings is 1. The Morgan fingerprint density at radius 1 is 1.23 bits per heavy atom. The number of urea groups is 1. The van der Waals surface area contributed by atoms with Gasteiger partial charge in [0.05, 0.1) is 15.7 Å². The number of rotatable bonds is 2. The Kier molecular flexibility index (Phi) is 4.71. The number of carbonyl (C=O) groups is 1. The summed E-state index contributed by atoms with van der Waals surface area (Å²) in [5.41, 5.74) is 0.529. The van der Waals surface area contributed by atoms with Crippen molar-refractivity contribution in [3.05, 3.63) is 39.8 Å². The van der Waals surface area contributed by atoms with E-state index in [1.807, 2.05) is 5.38 Å². The monoisotopic (exact) mass is 356 g/mol. The number of hydrogen-bond acceptors (Lipinski definition) is 4. The van der Waals surface area contributed by atoms with E-state index in [0.717, 1.165) is 18.2 Å². The molecule has 22 heavy (non-hydrogen) atoms. The van der Waals surface area contributed by atoms with Gasteiger partial charge in [-0.1, -0.05) is 29.3 Å². The fourth-order valence-electron chi connectivity index (χ4n) is 2.27. The molecule has 0 unspecified atom stereocenters. The van der Waals surface area contributed by atoms with Crippen LogP contribution in [0.15, 0.2) is 29.8 Å². The minimum Gasteiger partial charge on any atom is -0.345 e. The molecule has 2 amide bonds. The summed E-state index contributed by atoms with van der Waals surface area (Å²) in [5.74, 6) is 0. The number of hydrogen-bond donors (Lipinski definition) is 1. The van der Waals surface area contributed by atoms with Crippen LogP contribution in [0.2, 0.25) is 10.0 Å². The van der Waals surface area contributed by atoms with Gasteiger partial charge in [0.15, 0.2) is 5.13 Å². The molecule has 0 spiro atoms. The van der Waals surface area contributed by atoms with Crippen molar-refractivity contribution < 1.29 is 4.79 Å². The number of amides is 2. The Morgan fingerprint density at radius 2 is 2.00 bits per heavy atom. The lowest BCUT2D eigenvalue weighted by atomic mass is 10.3. The first kappa shape index (κ1) is 15.4. The molecule has 5 nitrogen and oxygen atoms in total. The lowest BCUT2D eigenvalue weighted by Gasteiger charge is -2.34. The van der Waals surface area contributed by atoms with Crippen molar-refractivity contribution in [3.63, 3.8) is 0 Å². The average molecular weight is 357 g/mol. The Labute approximate surface area is 142 Å². The van der Waals surface area contributed by atoms with E-state index in [4.69, 9.17) is 23.2 Å². The van der Waals surface area contributed by atoms with Crippen LogP contribution in [0.25, 0.3) is 0 Å². The molecule has 3 rings (SSSR count). The number of nitrogens with zero attached hydrogens (tertiary/aromatic N) is 3. The summed E-state index contributed by atoms with van der Waals surface area (Å²) in [4.78, 5) is 20.5. The Hall–Kier alpha value is -1.50. The standard InChI is InChI=1S/C14H14Cl2N4OS/c15-10-2-1-3-11(12(10)16)18-13(21)19-5-7-20(8-6-19)14-17-4-9-22-14/h1-4,9H,5-8H2,(H,18,21). The topological polar surface area (TPSA) is 48.5 Å². The quantitative estimate of drug-likeness (QED) is 0.889. The van der Waals surface area contributed by atoms with Gasteiger partial charge in [-0.3, -0.25) is 0 Å². The van der Waals surface area contributed by atoms with Gasteiger partial charge in [-0.25, -0.2) is 9.78 Å². The normalized spacial score (nSPS) is 15.0. The molecule has 1 aromatic heterocycles. The zero-order valence-electron chi connectivity index (χ0n) is 11.6. The van der Waals surface area contributed by atoms with E-state index < -0.39 is 0 Å². The number of anilines is 2. The molecule has 8 heteroatoms. The number of thiazole rings is 1. The van der Waals surface area contributed by atoms with Crippen LogP contribution in [0.5, 0.6) is 0 Å². The number of halogens is 2. The molecule has 0 radical (unpaired) electrons. The Bertz CT molecular complexity index is 657. The van der Waals surface area contributed by atoms with E-state index in [-0.39, 0.29) is 6.03 Å². The molecular formula is C14H14Cl2N4OS. The van der Waals surface area contributed by atoms with Gasteiger partial charge in [0.1, 0.15) is 0 Å². The minimum atomic E-state index is -0.164. The largest absolute Gasteiger partial charge is 0.345 e. The van der Waals surface area contributed by atoms with Gasteiger partial charge >= 0.3 is 6.03 Å². The average Bonchev–Trinajstić information content (AvgIpc) is 3.06. The molecule has 1 N–H and O–H groups in total. The SMILES string of the molecule is O=C(Nc1cccc(Cl)c1Cl)N1CCN(c2nccs2)CC1. The van der Waals surface area contributed by atoms with E-state index >= 15 is 0 Å². The fraction of sp³-hybridized carbons (Fsp3) is 0.286. The number of benzene rings is 1. The van der Waals surface area contributed by atoms with Crippen molar-refractivity contribution in [3.8, 4) is 0 Å². The highest BCUT2D eigenvalue weighted by atomic mass is 35.5. The highest BCUT2D eigenvalue weighted by Gasteiger charge is 2.22. The van der Waals surface area contributed by atoms with Crippen LogP contribution in [-0.4, -0.2) is 42.1 Å². The molecule has 2 heterocycles. The van der Waals surface area contributed by atoms with Gasteiger partial charge in [0.2, 0.25) is 0 Å². The molecule has 1 fully saturated rings. The molecule has 0 bridgehead atoms.